The van der Waals surface area contributed by atoms with Crippen LogP contribution in [0.2, 0.25) is 10.0 Å². The molecule has 0 aliphatic rings. The number of halogens is 2. The molecule has 1 aromatic carbocycles. The van der Waals surface area contributed by atoms with Crippen LogP contribution in [0.4, 0.5) is 5.69 Å². The minimum atomic E-state index is -3.71. The molecule has 0 bridgehead atoms. The van der Waals surface area contributed by atoms with Crippen LogP contribution >= 0.6 is 23.2 Å². The SMILES string of the molecule is C=C(C)CNS(=O)(=O)c1ccc(Cl)c(N)c1Cl. The van der Waals surface area contributed by atoms with Crippen molar-refractivity contribution < 1.29 is 8.42 Å². The van der Waals surface area contributed by atoms with E-state index in [4.69, 9.17) is 28.9 Å². The minimum Gasteiger partial charge on any atom is -0.396 e. The van der Waals surface area contributed by atoms with Crippen LogP contribution in [0.5, 0.6) is 0 Å². The predicted octanol–water partition coefficient (Wildman–Crippen LogP) is 2.43. The molecular formula is C10H12Cl2N2O2S. The van der Waals surface area contributed by atoms with E-state index >= 15 is 0 Å². The molecule has 1 rings (SSSR count). The van der Waals surface area contributed by atoms with Gasteiger partial charge in [-0.3, -0.25) is 0 Å². The molecule has 0 aliphatic heterocycles. The van der Waals surface area contributed by atoms with Gasteiger partial charge in [-0.2, -0.15) is 0 Å². The van der Waals surface area contributed by atoms with Gasteiger partial charge >= 0.3 is 0 Å². The molecule has 0 heterocycles. The van der Waals surface area contributed by atoms with Crippen molar-refractivity contribution in [3.63, 3.8) is 0 Å². The average molecular weight is 295 g/mol. The summed E-state index contributed by atoms with van der Waals surface area (Å²) in [6.45, 7) is 5.45. The average Bonchev–Trinajstić information content (AvgIpc) is 2.23. The normalized spacial score (nSPS) is 11.5. The third-order valence-corrected chi connectivity index (χ3v) is 4.24. The van der Waals surface area contributed by atoms with Crippen LogP contribution in [0.15, 0.2) is 29.2 Å². The standard InChI is InChI=1S/C10H12Cl2N2O2S/c1-6(2)5-14-17(15,16)8-4-3-7(11)10(13)9(8)12/h3-4,14H,1,5,13H2,2H3. The Balaban J connectivity index is 3.16. The molecular weight excluding hydrogens is 283 g/mol. The lowest BCUT2D eigenvalue weighted by atomic mass is 10.3. The van der Waals surface area contributed by atoms with Crippen LogP contribution < -0.4 is 10.5 Å². The maximum absolute atomic E-state index is 11.9. The van der Waals surface area contributed by atoms with Crippen molar-refractivity contribution in [3.8, 4) is 0 Å². The highest BCUT2D eigenvalue weighted by molar-refractivity contribution is 7.89. The summed E-state index contributed by atoms with van der Waals surface area (Å²) < 4.78 is 26.1. The highest BCUT2D eigenvalue weighted by Crippen LogP contribution is 2.32. The van der Waals surface area contributed by atoms with Gasteiger partial charge < -0.3 is 5.73 Å². The summed E-state index contributed by atoms with van der Waals surface area (Å²) in [5.74, 6) is 0. The molecule has 0 saturated carbocycles. The minimum absolute atomic E-state index is 0.0477. The highest BCUT2D eigenvalue weighted by atomic mass is 35.5. The van der Waals surface area contributed by atoms with Gasteiger partial charge in [0.1, 0.15) is 4.90 Å². The summed E-state index contributed by atoms with van der Waals surface area (Å²) in [6.07, 6.45) is 0. The second-order valence-corrected chi connectivity index (χ2v) is 6.08. The predicted molar refractivity (Wildman–Crippen MR) is 70.9 cm³/mol. The number of benzene rings is 1. The third kappa shape index (κ3) is 3.35. The number of sulfonamides is 1. The van der Waals surface area contributed by atoms with Gasteiger partial charge in [-0.05, 0) is 19.1 Å². The van der Waals surface area contributed by atoms with Gasteiger partial charge in [0.15, 0.2) is 0 Å². The van der Waals surface area contributed by atoms with Gasteiger partial charge in [0, 0.05) is 6.54 Å². The van der Waals surface area contributed by atoms with Crippen molar-refractivity contribution in [2.24, 2.45) is 0 Å². The molecule has 94 valence electrons. The Morgan fingerprint density at radius 3 is 2.59 bits per heavy atom. The van der Waals surface area contributed by atoms with Gasteiger partial charge in [0.05, 0.1) is 15.7 Å². The van der Waals surface area contributed by atoms with E-state index in [9.17, 15) is 8.42 Å². The highest BCUT2D eigenvalue weighted by Gasteiger charge is 2.20. The van der Waals surface area contributed by atoms with Crippen molar-refractivity contribution in [2.45, 2.75) is 11.8 Å². The lowest BCUT2D eigenvalue weighted by molar-refractivity contribution is 0.585. The zero-order valence-corrected chi connectivity index (χ0v) is 11.5. The second kappa shape index (κ2) is 5.27. The first-order valence-electron chi connectivity index (χ1n) is 4.63. The number of nitrogens with one attached hydrogen (secondary N) is 1. The summed E-state index contributed by atoms with van der Waals surface area (Å²) in [5.41, 5.74) is 6.30. The molecule has 0 spiro atoms. The molecule has 7 heteroatoms. The van der Waals surface area contributed by atoms with E-state index in [-0.39, 0.29) is 27.2 Å². The summed E-state index contributed by atoms with van der Waals surface area (Å²) in [6, 6.07) is 2.69. The number of hydrogen-bond acceptors (Lipinski definition) is 3. The van der Waals surface area contributed by atoms with E-state index in [1.54, 1.807) is 6.92 Å². The Labute approximate surface area is 110 Å². The fraction of sp³-hybridized carbons (Fsp3) is 0.200. The number of nitrogens with two attached hydrogens (primary N) is 1. The van der Waals surface area contributed by atoms with Crippen molar-refractivity contribution in [1.82, 2.24) is 4.72 Å². The molecule has 0 fully saturated rings. The summed E-state index contributed by atoms with van der Waals surface area (Å²) in [7, 11) is -3.71. The maximum Gasteiger partial charge on any atom is 0.242 e. The topological polar surface area (TPSA) is 72.2 Å². The molecule has 0 unspecified atom stereocenters. The molecule has 3 N–H and O–H groups in total. The van der Waals surface area contributed by atoms with Crippen LogP contribution in [0.3, 0.4) is 0 Å². The monoisotopic (exact) mass is 294 g/mol. The fourth-order valence-electron chi connectivity index (χ4n) is 1.05. The molecule has 0 radical (unpaired) electrons. The first-order chi connectivity index (χ1) is 7.75. The summed E-state index contributed by atoms with van der Waals surface area (Å²) in [4.78, 5) is -0.0951. The molecule has 0 aromatic heterocycles. The zero-order chi connectivity index (χ0) is 13.2. The summed E-state index contributed by atoms with van der Waals surface area (Å²) in [5, 5.41) is 0.139. The quantitative estimate of drug-likeness (QED) is 0.662. The van der Waals surface area contributed by atoms with Gasteiger partial charge in [-0.15, -0.1) is 0 Å². The Bertz CT molecular complexity index is 556. The van der Waals surface area contributed by atoms with E-state index in [0.29, 0.717) is 5.57 Å². The second-order valence-electron chi connectivity index (χ2n) is 3.55. The number of rotatable bonds is 4. The summed E-state index contributed by atoms with van der Waals surface area (Å²) >= 11 is 11.6. The van der Waals surface area contributed by atoms with Crippen molar-refractivity contribution in [3.05, 3.63) is 34.3 Å². The van der Waals surface area contributed by atoms with Gasteiger partial charge in [-0.25, -0.2) is 13.1 Å². The van der Waals surface area contributed by atoms with E-state index in [1.165, 1.54) is 12.1 Å². The molecule has 0 atom stereocenters. The lowest BCUT2D eigenvalue weighted by Gasteiger charge is -2.10. The van der Waals surface area contributed by atoms with Crippen molar-refractivity contribution >= 4 is 38.9 Å². The van der Waals surface area contributed by atoms with Crippen molar-refractivity contribution in [1.29, 1.82) is 0 Å². The van der Waals surface area contributed by atoms with Crippen LogP contribution in [-0.2, 0) is 10.0 Å². The van der Waals surface area contributed by atoms with E-state index < -0.39 is 10.0 Å². The van der Waals surface area contributed by atoms with Gasteiger partial charge in [-0.1, -0.05) is 35.4 Å². The Kier molecular flexibility index (Phi) is 4.43. The molecule has 0 saturated heterocycles. The molecule has 0 amide bonds. The third-order valence-electron chi connectivity index (χ3n) is 1.94. The fourth-order valence-corrected chi connectivity index (χ4v) is 2.91. The zero-order valence-electron chi connectivity index (χ0n) is 9.13. The first-order valence-corrected chi connectivity index (χ1v) is 6.87. The van der Waals surface area contributed by atoms with Crippen LogP contribution in [0.25, 0.3) is 0 Å². The Hall–Kier alpha value is -0.750. The number of nitrogen functional groups attached to an aromatic ring is 1. The van der Waals surface area contributed by atoms with E-state index in [1.807, 2.05) is 0 Å². The Morgan fingerprint density at radius 2 is 2.06 bits per heavy atom. The molecule has 4 nitrogen and oxygen atoms in total. The largest absolute Gasteiger partial charge is 0.396 e. The number of hydrogen-bond donors (Lipinski definition) is 2. The van der Waals surface area contributed by atoms with Crippen LogP contribution in [0.1, 0.15) is 6.92 Å². The first kappa shape index (κ1) is 14.3. The van der Waals surface area contributed by atoms with E-state index in [0.717, 1.165) is 0 Å². The smallest absolute Gasteiger partial charge is 0.242 e. The molecule has 1 aromatic rings. The lowest BCUT2D eigenvalue weighted by Crippen LogP contribution is -2.25. The van der Waals surface area contributed by atoms with Gasteiger partial charge in [0.2, 0.25) is 10.0 Å². The Morgan fingerprint density at radius 1 is 1.47 bits per heavy atom. The molecule has 0 aliphatic carbocycles. The molecule has 17 heavy (non-hydrogen) atoms. The maximum atomic E-state index is 11.9. The van der Waals surface area contributed by atoms with E-state index in [2.05, 4.69) is 11.3 Å². The number of anilines is 1. The van der Waals surface area contributed by atoms with Gasteiger partial charge in [0.25, 0.3) is 0 Å². The van der Waals surface area contributed by atoms with Crippen molar-refractivity contribution in [2.75, 3.05) is 12.3 Å². The van der Waals surface area contributed by atoms with Crippen LogP contribution in [0, 0.1) is 0 Å². The van der Waals surface area contributed by atoms with Crippen LogP contribution in [-0.4, -0.2) is 15.0 Å².